The van der Waals surface area contributed by atoms with Gasteiger partial charge in [-0.15, -0.1) is 0 Å². The smallest absolute Gasteiger partial charge is 0.332 e. The van der Waals surface area contributed by atoms with Crippen LogP contribution < -0.4 is 4.74 Å². The van der Waals surface area contributed by atoms with E-state index in [-0.39, 0.29) is 19.2 Å². The van der Waals surface area contributed by atoms with Crippen molar-refractivity contribution in [3.8, 4) is 5.75 Å². The van der Waals surface area contributed by atoms with Crippen molar-refractivity contribution >= 4 is 5.97 Å². The van der Waals surface area contributed by atoms with E-state index < -0.39 is 0 Å². The van der Waals surface area contributed by atoms with Crippen LogP contribution in [0.25, 0.3) is 0 Å². The fourth-order valence-electron chi connectivity index (χ4n) is 1.46. The first-order valence-corrected chi connectivity index (χ1v) is 5.71. The molecule has 0 fully saturated rings. The van der Waals surface area contributed by atoms with Gasteiger partial charge >= 0.3 is 5.97 Å². The van der Waals surface area contributed by atoms with E-state index in [0.717, 1.165) is 5.56 Å². The monoisotopic (exact) mass is 254 g/mol. The van der Waals surface area contributed by atoms with E-state index in [1.807, 2.05) is 6.07 Å². The molecular formula is C13H18O5. The van der Waals surface area contributed by atoms with Gasteiger partial charge in [-0.1, -0.05) is 12.1 Å². The van der Waals surface area contributed by atoms with Gasteiger partial charge in [0.05, 0.1) is 26.9 Å². The van der Waals surface area contributed by atoms with Crippen molar-refractivity contribution in [3.63, 3.8) is 0 Å². The van der Waals surface area contributed by atoms with Crippen LogP contribution in [-0.4, -0.2) is 31.4 Å². The quantitative estimate of drug-likeness (QED) is 0.742. The molecule has 0 aromatic heterocycles. The summed E-state index contributed by atoms with van der Waals surface area (Å²) in [4.78, 5) is 11.1. The number of ether oxygens (including phenoxy) is 3. The van der Waals surface area contributed by atoms with Gasteiger partial charge in [-0.25, -0.2) is 4.79 Å². The number of aliphatic hydroxyl groups excluding tert-OH is 1. The molecule has 0 saturated carbocycles. The SMILES string of the molecule is CCOC(=O)COCc1ccc(CO)c(OC)c1. The summed E-state index contributed by atoms with van der Waals surface area (Å²) < 4.78 is 15.1. The Balaban J connectivity index is 2.50. The normalized spacial score (nSPS) is 10.2. The second-order valence-corrected chi connectivity index (χ2v) is 3.60. The summed E-state index contributed by atoms with van der Waals surface area (Å²) in [5.41, 5.74) is 1.58. The molecule has 0 bridgehead atoms. The molecule has 18 heavy (non-hydrogen) atoms. The first kappa shape index (κ1) is 14.5. The molecule has 1 aromatic carbocycles. The molecule has 1 aromatic rings. The number of methoxy groups -OCH3 is 1. The molecule has 0 unspecified atom stereocenters. The average Bonchev–Trinajstić information content (AvgIpc) is 2.38. The molecule has 5 heteroatoms. The van der Waals surface area contributed by atoms with Crippen LogP contribution in [0.1, 0.15) is 18.1 Å². The van der Waals surface area contributed by atoms with Gasteiger partial charge < -0.3 is 19.3 Å². The topological polar surface area (TPSA) is 65.0 Å². The molecule has 0 amide bonds. The molecule has 1 rings (SSSR count). The number of aliphatic hydroxyl groups is 1. The summed E-state index contributed by atoms with van der Waals surface area (Å²) in [5, 5.41) is 9.08. The van der Waals surface area contributed by atoms with E-state index in [4.69, 9.17) is 19.3 Å². The van der Waals surface area contributed by atoms with Crippen LogP contribution in [0.2, 0.25) is 0 Å². The lowest BCUT2D eigenvalue weighted by molar-refractivity contribution is -0.148. The molecule has 0 aliphatic heterocycles. The van der Waals surface area contributed by atoms with Gasteiger partial charge in [0.15, 0.2) is 0 Å². The van der Waals surface area contributed by atoms with E-state index in [2.05, 4.69) is 0 Å². The Bertz CT molecular complexity index is 389. The first-order valence-electron chi connectivity index (χ1n) is 5.71. The number of hydrogen-bond acceptors (Lipinski definition) is 5. The zero-order chi connectivity index (χ0) is 13.4. The summed E-state index contributed by atoms with van der Waals surface area (Å²) in [6, 6.07) is 5.36. The molecule has 0 radical (unpaired) electrons. The highest BCUT2D eigenvalue weighted by Gasteiger charge is 2.05. The maximum atomic E-state index is 11.1. The minimum absolute atomic E-state index is 0.0715. The van der Waals surface area contributed by atoms with Crippen molar-refractivity contribution in [1.29, 1.82) is 0 Å². The number of hydrogen-bond donors (Lipinski definition) is 1. The Labute approximate surface area is 106 Å². The lowest BCUT2D eigenvalue weighted by Crippen LogP contribution is -2.12. The zero-order valence-electron chi connectivity index (χ0n) is 10.6. The number of esters is 1. The van der Waals surface area contributed by atoms with Crippen LogP contribution >= 0.6 is 0 Å². The standard InChI is InChI=1S/C13H18O5/c1-3-18-13(15)9-17-8-10-4-5-11(7-14)12(6-10)16-2/h4-6,14H,3,7-9H2,1-2H3. The number of benzene rings is 1. The molecule has 100 valence electrons. The highest BCUT2D eigenvalue weighted by atomic mass is 16.6. The summed E-state index contributed by atoms with van der Waals surface area (Å²) >= 11 is 0. The van der Waals surface area contributed by atoms with Crippen molar-refractivity contribution in [1.82, 2.24) is 0 Å². The molecule has 0 atom stereocenters. The lowest BCUT2D eigenvalue weighted by atomic mass is 10.1. The van der Waals surface area contributed by atoms with Gasteiger partial charge in [-0.3, -0.25) is 0 Å². The predicted octanol–water partition coefficient (Wildman–Crippen LogP) is 1.27. The van der Waals surface area contributed by atoms with Gasteiger partial charge in [-0.2, -0.15) is 0 Å². The molecule has 0 aliphatic rings. The summed E-state index contributed by atoms with van der Waals surface area (Å²) in [6.07, 6.45) is 0. The second-order valence-electron chi connectivity index (χ2n) is 3.60. The zero-order valence-corrected chi connectivity index (χ0v) is 10.6. The Hall–Kier alpha value is -1.59. The molecule has 0 spiro atoms. The van der Waals surface area contributed by atoms with Crippen LogP contribution in [-0.2, 0) is 27.5 Å². The lowest BCUT2D eigenvalue weighted by Gasteiger charge is -2.09. The maximum absolute atomic E-state index is 11.1. The third-order valence-electron chi connectivity index (χ3n) is 2.32. The van der Waals surface area contributed by atoms with Gasteiger partial charge in [0.25, 0.3) is 0 Å². The Morgan fingerprint density at radius 1 is 1.39 bits per heavy atom. The minimum atomic E-state index is -0.378. The predicted molar refractivity (Wildman–Crippen MR) is 65.2 cm³/mol. The molecule has 0 aliphatic carbocycles. The fourth-order valence-corrected chi connectivity index (χ4v) is 1.46. The van der Waals surface area contributed by atoms with Crippen molar-refractivity contribution in [2.45, 2.75) is 20.1 Å². The Kier molecular flexibility index (Phi) is 6.18. The summed E-state index contributed by atoms with van der Waals surface area (Å²) in [6.45, 7) is 2.24. The van der Waals surface area contributed by atoms with E-state index in [9.17, 15) is 4.79 Å². The van der Waals surface area contributed by atoms with E-state index >= 15 is 0 Å². The third kappa shape index (κ3) is 4.35. The molecule has 5 nitrogen and oxygen atoms in total. The third-order valence-corrected chi connectivity index (χ3v) is 2.32. The minimum Gasteiger partial charge on any atom is -0.496 e. The second kappa shape index (κ2) is 7.68. The van der Waals surface area contributed by atoms with E-state index in [1.54, 1.807) is 19.1 Å². The molecule has 0 heterocycles. The largest absolute Gasteiger partial charge is 0.496 e. The van der Waals surface area contributed by atoms with E-state index in [0.29, 0.717) is 24.5 Å². The average molecular weight is 254 g/mol. The number of carbonyl (C=O) groups excluding carboxylic acids is 1. The van der Waals surface area contributed by atoms with Crippen molar-refractivity contribution in [2.75, 3.05) is 20.3 Å². The van der Waals surface area contributed by atoms with E-state index in [1.165, 1.54) is 7.11 Å². The first-order chi connectivity index (χ1) is 8.71. The van der Waals surface area contributed by atoms with Gasteiger partial charge in [0.2, 0.25) is 0 Å². The summed E-state index contributed by atoms with van der Waals surface area (Å²) in [5.74, 6) is 0.228. The van der Waals surface area contributed by atoms with Crippen LogP contribution in [0.3, 0.4) is 0 Å². The highest BCUT2D eigenvalue weighted by molar-refractivity contribution is 5.70. The van der Waals surface area contributed by atoms with Crippen LogP contribution in [0.4, 0.5) is 0 Å². The number of rotatable bonds is 7. The van der Waals surface area contributed by atoms with Crippen LogP contribution in [0.5, 0.6) is 5.75 Å². The highest BCUT2D eigenvalue weighted by Crippen LogP contribution is 2.20. The van der Waals surface area contributed by atoms with Crippen LogP contribution in [0.15, 0.2) is 18.2 Å². The summed E-state index contributed by atoms with van der Waals surface area (Å²) in [7, 11) is 1.54. The van der Waals surface area contributed by atoms with Gasteiger partial charge in [-0.05, 0) is 18.6 Å². The molecule has 1 N–H and O–H groups in total. The van der Waals surface area contributed by atoms with Crippen molar-refractivity contribution < 1.29 is 24.1 Å². The fraction of sp³-hybridized carbons (Fsp3) is 0.462. The van der Waals surface area contributed by atoms with Crippen LogP contribution in [0, 0.1) is 0 Å². The van der Waals surface area contributed by atoms with Crippen molar-refractivity contribution in [2.24, 2.45) is 0 Å². The van der Waals surface area contributed by atoms with Crippen molar-refractivity contribution in [3.05, 3.63) is 29.3 Å². The number of carbonyl (C=O) groups is 1. The Morgan fingerprint density at radius 2 is 2.17 bits per heavy atom. The Morgan fingerprint density at radius 3 is 2.78 bits per heavy atom. The molecule has 0 saturated heterocycles. The maximum Gasteiger partial charge on any atom is 0.332 e. The molecular weight excluding hydrogens is 236 g/mol. The van der Waals surface area contributed by atoms with Gasteiger partial charge in [0.1, 0.15) is 12.4 Å². The van der Waals surface area contributed by atoms with Gasteiger partial charge in [0, 0.05) is 5.56 Å².